The minimum absolute atomic E-state index is 0.0510. The summed E-state index contributed by atoms with van der Waals surface area (Å²) < 4.78 is 90.0. The molecule has 0 N–H and O–H groups in total. The molecule has 0 spiro atoms. The number of halogens is 6. The minimum Gasteiger partial charge on any atom is -0.356 e. The van der Waals surface area contributed by atoms with Gasteiger partial charge < -0.3 is 9.47 Å². The van der Waals surface area contributed by atoms with Crippen LogP contribution in [0.15, 0.2) is 24.3 Å². The molecule has 0 bridgehead atoms. The Morgan fingerprint density at radius 3 is 1.76 bits per heavy atom. The van der Waals surface area contributed by atoms with Crippen molar-refractivity contribution in [3.05, 3.63) is 35.4 Å². The van der Waals surface area contributed by atoms with Gasteiger partial charge in [0.25, 0.3) is 5.60 Å². The van der Waals surface area contributed by atoms with Crippen molar-refractivity contribution in [2.75, 3.05) is 13.4 Å². The van der Waals surface area contributed by atoms with E-state index in [4.69, 9.17) is 4.74 Å². The molecule has 0 amide bonds. The van der Waals surface area contributed by atoms with Crippen molar-refractivity contribution < 1.29 is 35.8 Å². The number of benzene rings is 1. The number of hydrogen-bond acceptors (Lipinski definition) is 2. The quantitative estimate of drug-likeness (QED) is 0.260. The standard InChI is InChI=1S/C16H22F6O2Si/c1-12-5-7-13(8-6-12)14(15(17,18)19,16(20,21)22)24-11-23-9-10-25(2,3)4/h5-8H,9-11H2,1-4H3. The van der Waals surface area contributed by atoms with Gasteiger partial charge >= 0.3 is 12.4 Å². The molecule has 0 fully saturated rings. The van der Waals surface area contributed by atoms with Crippen molar-refractivity contribution in [3.63, 3.8) is 0 Å². The van der Waals surface area contributed by atoms with Crippen LogP contribution < -0.4 is 0 Å². The minimum atomic E-state index is -5.69. The van der Waals surface area contributed by atoms with Crippen LogP contribution in [-0.2, 0) is 15.1 Å². The molecule has 0 radical (unpaired) electrons. The Morgan fingerprint density at radius 2 is 1.36 bits per heavy atom. The van der Waals surface area contributed by atoms with Gasteiger partial charge in [0.05, 0.1) is 0 Å². The van der Waals surface area contributed by atoms with Crippen molar-refractivity contribution >= 4 is 8.07 Å². The van der Waals surface area contributed by atoms with Crippen molar-refractivity contribution in [2.24, 2.45) is 0 Å². The summed E-state index contributed by atoms with van der Waals surface area (Å²) in [5.41, 5.74) is -4.91. The molecule has 1 aromatic carbocycles. The third kappa shape index (κ3) is 5.45. The van der Waals surface area contributed by atoms with Crippen LogP contribution in [0.25, 0.3) is 0 Å². The maximum atomic E-state index is 13.5. The summed E-state index contributed by atoms with van der Waals surface area (Å²) in [5.74, 6) is 0. The molecule has 0 aliphatic heterocycles. The highest BCUT2D eigenvalue weighted by atomic mass is 28.3. The van der Waals surface area contributed by atoms with Crippen LogP contribution in [0.5, 0.6) is 0 Å². The number of rotatable bonds is 7. The second-order valence-corrected chi connectivity index (χ2v) is 12.6. The van der Waals surface area contributed by atoms with Crippen LogP contribution in [-0.4, -0.2) is 33.8 Å². The van der Waals surface area contributed by atoms with E-state index in [1.807, 2.05) is 19.6 Å². The molecule has 2 nitrogen and oxygen atoms in total. The average Bonchev–Trinajstić information content (AvgIpc) is 2.40. The van der Waals surface area contributed by atoms with Gasteiger partial charge in [0.1, 0.15) is 6.79 Å². The molecule has 0 aliphatic rings. The summed E-state index contributed by atoms with van der Waals surface area (Å²) in [7, 11) is -1.52. The van der Waals surface area contributed by atoms with E-state index in [9.17, 15) is 26.3 Å². The Kier molecular flexibility index (Phi) is 6.74. The summed E-state index contributed by atoms with van der Waals surface area (Å²) in [5, 5.41) is 0. The van der Waals surface area contributed by atoms with Crippen molar-refractivity contribution in [2.45, 2.75) is 50.6 Å². The van der Waals surface area contributed by atoms with Gasteiger partial charge in [-0.2, -0.15) is 26.3 Å². The molecule has 25 heavy (non-hydrogen) atoms. The normalized spacial score (nSPS) is 14.0. The fourth-order valence-electron chi connectivity index (χ4n) is 2.09. The Hall–Kier alpha value is -1.06. The summed E-state index contributed by atoms with van der Waals surface area (Å²) in [6.07, 6.45) is -11.4. The van der Waals surface area contributed by atoms with E-state index in [1.165, 1.54) is 12.1 Å². The van der Waals surface area contributed by atoms with Gasteiger partial charge in [0, 0.05) is 20.2 Å². The fourth-order valence-corrected chi connectivity index (χ4v) is 2.85. The van der Waals surface area contributed by atoms with Gasteiger partial charge in [0.2, 0.25) is 0 Å². The highest BCUT2D eigenvalue weighted by Crippen LogP contribution is 2.52. The highest BCUT2D eigenvalue weighted by Gasteiger charge is 2.73. The largest absolute Gasteiger partial charge is 0.430 e. The zero-order valence-corrected chi connectivity index (χ0v) is 15.5. The van der Waals surface area contributed by atoms with Crippen LogP contribution in [0.3, 0.4) is 0 Å². The van der Waals surface area contributed by atoms with Gasteiger partial charge in [-0.15, -0.1) is 0 Å². The topological polar surface area (TPSA) is 18.5 Å². The SMILES string of the molecule is Cc1ccc(C(OCOCC[Si](C)(C)C)(C(F)(F)F)C(F)(F)F)cc1. The summed E-state index contributed by atoms with van der Waals surface area (Å²) in [6, 6.07) is 4.51. The van der Waals surface area contributed by atoms with Crippen LogP contribution in [0, 0.1) is 6.92 Å². The fraction of sp³-hybridized carbons (Fsp3) is 0.625. The van der Waals surface area contributed by atoms with Crippen molar-refractivity contribution in [1.82, 2.24) is 0 Å². The molecule has 0 atom stereocenters. The third-order valence-electron chi connectivity index (χ3n) is 3.61. The van der Waals surface area contributed by atoms with Gasteiger partial charge in [-0.25, -0.2) is 0 Å². The van der Waals surface area contributed by atoms with E-state index in [-0.39, 0.29) is 6.61 Å². The van der Waals surface area contributed by atoms with Gasteiger partial charge in [-0.3, -0.25) is 0 Å². The number of aryl methyl sites for hydroxylation is 1. The van der Waals surface area contributed by atoms with E-state index >= 15 is 0 Å². The molecular weight excluding hydrogens is 366 g/mol. The van der Waals surface area contributed by atoms with Crippen molar-refractivity contribution in [1.29, 1.82) is 0 Å². The molecule has 0 aromatic heterocycles. The lowest BCUT2D eigenvalue weighted by atomic mass is 9.91. The molecule has 1 aromatic rings. The van der Waals surface area contributed by atoms with E-state index in [0.717, 1.165) is 12.1 Å². The Balaban J connectivity index is 3.09. The van der Waals surface area contributed by atoms with E-state index in [1.54, 1.807) is 6.92 Å². The first kappa shape index (κ1) is 22.0. The number of hydrogen-bond donors (Lipinski definition) is 0. The lowest BCUT2D eigenvalue weighted by Crippen LogP contribution is -2.56. The van der Waals surface area contributed by atoms with Crippen LogP contribution in [0.1, 0.15) is 11.1 Å². The summed E-state index contributed by atoms with van der Waals surface area (Å²) in [6.45, 7) is 6.55. The van der Waals surface area contributed by atoms with E-state index < -0.39 is 38.4 Å². The molecule has 0 heterocycles. The molecule has 0 saturated carbocycles. The van der Waals surface area contributed by atoms with Crippen LogP contribution in [0.4, 0.5) is 26.3 Å². The second-order valence-electron chi connectivity index (χ2n) is 7.02. The lowest BCUT2D eigenvalue weighted by molar-refractivity contribution is -0.401. The molecule has 1 rings (SSSR count). The van der Waals surface area contributed by atoms with Crippen LogP contribution in [0.2, 0.25) is 25.7 Å². The zero-order chi connectivity index (χ0) is 19.5. The molecule has 0 aliphatic carbocycles. The molecule has 0 saturated heterocycles. The highest BCUT2D eigenvalue weighted by molar-refractivity contribution is 6.76. The average molecular weight is 388 g/mol. The first-order valence-corrected chi connectivity index (χ1v) is 11.3. The maximum Gasteiger partial charge on any atom is 0.430 e. The summed E-state index contributed by atoms with van der Waals surface area (Å²) in [4.78, 5) is 0. The first-order valence-electron chi connectivity index (χ1n) is 7.63. The molecule has 9 heteroatoms. The molecule has 144 valence electrons. The Labute approximate surface area is 144 Å². The first-order chi connectivity index (χ1) is 11.2. The monoisotopic (exact) mass is 388 g/mol. The van der Waals surface area contributed by atoms with E-state index in [0.29, 0.717) is 11.6 Å². The maximum absolute atomic E-state index is 13.5. The van der Waals surface area contributed by atoms with Gasteiger partial charge in [-0.1, -0.05) is 49.5 Å². The number of ether oxygens (including phenoxy) is 2. The predicted octanol–water partition coefficient (Wildman–Crippen LogP) is 5.64. The zero-order valence-electron chi connectivity index (χ0n) is 14.5. The second kappa shape index (κ2) is 7.67. The Bertz CT molecular complexity index is 532. The Morgan fingerprint density at radius 1 is 0.880 bits per heavy atom. The smallest absolute Gasteiger partial charge is 0.356 e. The van der Waals surface area contributed by atoms with Crippen LogP contribution >= 0.6 is 0 Å². The van der Waals surface area contributed by atoms with E-state index in [2.05, 4.69) is 4.74 Å². The van der Waals surface area contributed by atoms with Gasteiger partial charge in [0.15, 0.2) is 0 Å². The number of alkyl halides is 6. The summed E-state index contributed by atoms with van der Waals surface area (Å²) >= 11 is 0. The molecular formula is C16H22F6O2Si. The van der Waals surface area contributed by atoms with Crippen molar-refractivity contribution in [3.8, 4) is 0 Å². The third-order valence-corrected chi connectivity index (χ3v) is 5.32. The predicted molar refractivity (Wildman–Crippen MR) is 85.0 cm³/mol. The lowest BCUT2D eigenvalue weighted by Gasteiger charge is -2.37. The van der Waals surface area contributed by atoms with Gasteiger partial charge in [-0.05, 0) is 13.0 Å². The molecule has 0 unspecified atom stereocenters.